The van der Waals surface area contributed by atoms with Crippen LogP contribution in [-0.2, 0) is 17.6 Å². The smallest absolute Gasteiger partial charge is 0.322 e. The van der Waals surface area contributed by atoms with E-state index in [-0.39, 0.29) is 17.9 Å². The van der Waals surface area contributed by atoms with Gasteiger partial charge in [0.15, 0.2) is 0 Å². The Morgan fingerprint density at radius 3 is 2.38 bits per heavy atom. The fourth-order valence-electron chi connectivity index (χ4n) is 5.60. The van der Waals surface area contributed by atoms with Crippen molar-refractivity contribution >= 4 is 11.9 Å². The van der Waals surface area contributed by atoms with E-state index in [1.807, 2.05) is 36.4 Å². The van der Waals surface area contributed by atoms with Gasteiger partial charge >= 0.3 is 6.03 Å². The van der Waals surface area contributed by atoms with E-state index in [0.717, 1.165) is 49.7 Å². The molecule has 0 saturated carbocycles. The molecule has 6 nitrogen and oxygen atoms in total. The fourth-order valence-corrected chi connectivity index (χ4v) is 5.60. The first kappa shape index (κ1) is 24.4. The zero-order valence-electron chi connectivity index (χ0n) is 20.6. The molecule has 2 aliphatic rings. The Bertz CT molecular complexity index is 939. The number of carbonyl (C=O) groups excluding carboxylic acids is 2. The molecule has 0 spiro atoms. The molecule has 2 saturated heterocycles. The predicted molar refractivity (Wildman–Crippen MR) is 134 cm³/mol. The molecule has 2 fully saturated rings. The van der Waals surface area contributed by atoms with E-state index in [2.05, 4.69) is 41.2 Å². The molecular weight excluding hydrogens is 424 g/mol. The third-order valence-corrected chi connectivity index (χ3v) is 7.80. The lowest BCUT2D eigenvalue weighted by atomic mass is 9.73. The van der Waals surface area contributed by atoms with Crippen molar-refractivity contribution in [1.29, 1.82) is 0 Å². The van der Waals surface area contributed by atoms with E-state index in [0.29, 0.717) is 19.4 Å². The number of hydrogen-bond acceptors (Lipinski definition) is 4. The Hall–Kier alpha value is -2.73. The predicted octanol–water partition coefficient (Wildman–Crippen LogP) is 4.31. The van der Waals surface area contributed by atoms with E-state index in [9.17, 15) is 9.59 Å². The zero-order chi connectivity index (χ0) is 24.0. The highest BCUT2D eigenvalue weighted by molar-refractivity contribution is 6.07. The van der Waals surface area contributed by atoms with Gasteiger partial charge in [0, 0.05) is 37.8 Å². The van der Waals surface area contributed by atoms with Crippen LogP contribution < -0.4 is 5.32 Å². The lowest BCUT2D eigenvalue weighted by Gasteiger charge is -2.41. The van der Waals surface area contributed by atoms with Gasteiger partial charge in [0.05, 0.1) is 0 Å². The van der Waals surface area contributed by atoms with Crippen LogP contribution in [0.4, 0.5) is 4.79 Å². The van der Waals surface area contributed by atoms with Crippen molar-refractivity contribution in [3.05, 3.63) is 66.0 Å². The minimum Gasteiger partial charge on any atom is -0.322 e. The summed E-state index contributed by atoms with van der Waals surface area (Å²) in [6, 6.07) is 15.6. The second-order valence-electron chi connectivity index (χ2n) is 9.85. The van der Waals surface area contributed by atoms with Crippen LogP contribution in [0.2, 0.25) is 0 Å². The van der Waals surface area contributed by atoms with Gasteiger partial charge in [0.25, 0.3) is 5.91 Å². The summed E-state index contributed by atoms with van der Waals surface area (Å²) in [5.41, 5.74) is 1.10. The van der Waals surface area contributed by atoms with Gasteiger partial charge in [0.1, 0.15) is 5.54 Å². The first-order valence-electron chi connectivity index (χ1n) is 12.9. The molecule has 3 heterocycles. The van der Waals surface area contributed by atoms with Gasteiger partial charge in [-0.3, -0.25) is 14.7 Å². The van der Waals surface area contributed by atoms with Crippen molar-refractivity contribution in [2.45, 2.75) is 57.9 Å². The van der Waals surface area contributed by atoms with Crippen molar-refractivity contribution in [2.24, 2.45) is 11.8 Å². The maximum atomic E-state index is 13.9. The van der Waals surface area contributed by atoms with Gasteiger partial charge in [-0.15, -0.1) is 0 Å². The Morgan fingerprint density at radius 1 is 1.03 bits per heavy atom. The van der Waals surface area contributed by atoms with E-state index < -0.39 is 5.54 Å². The fraction of sp³-hybridized carbons (Fsp3) is 0.536. The summed E-state index contributed by atoms with van der Waals surface area (Å²) in [6.07, 6.45) is 7.10. The van der Waals surface area contributed by atoms with Gasteiger partial charge in [-0.1, -0.05) is 63.1 Å². The van der Waals surface area contributed by atoms with Crippen LogP contribution in [0.25, 0.3) is 0 Å². The number of amides is 3. The Balaban J connectivity index is 1.51. The lowest BCUT2D eigenvalue weighted by Crippen LogP contribution is -2.57. The minimum atomic E-state index is -0.871. The second kappa shape index (κ2) is 11.1. The molecule has 3 amide bonds. The summed E-state index contributed by atoms with van der Waals surface area (Å²) in [5, 5.41) is 3.20. The maximum absolute atomic E-state index is 13.9. The van der Waals surface area contributed by atoms with Crippen LogP contribution in [-0.4, -0.2) is 58.4 Å². The highest BCUT2D eigenvalue weighted by Crippen LogP contribution is 2.37. The third-order valence-electron chi connectivity index (χ3n) is 7.80. The molecule has 1 N–H and O–H groups in total. The SMILES string of the molecule is CCC(CC)CN1CCC([C@@]2(Cc3ccccc3)NC(=O)N(CCc3ccccn3)C2=O)CC1. The van der Waals surface area contributed by atoms with Crippen molar-refractivity contribution in [3.63, 3.8) is 0 Å². The largest absolute Gasteiger partial charge is 0.325 e. The second-order valence-corrected chi connectivity index (χ2v) is 9.85. The summed E-state index contributed by atoms with van der Waals surface area (Å²) < 4.78 is 0. The third kappa shape index (κ3) is 5.33. The number of rotatable bonds is 10. The molecule has 2 aliphatic heterocycles. The normalized spacial score (nSPS) is 21.9. The number of urea groups is 1. The number of aromatic nitrogens is 1. The number of likely N-dealkylation sites (tertiary alicyclic amines) is 1. The minimum absolute atomic E-state index is 0.0734. The highest BCUT2D eigenvalue weighted by Gasteiger charge is 2.55. The summed E-state index contributed by atoms with van der Waals surface area (Å²) in [6.45, 7) is 7.97. The zero-order valence-corrected chi connectivity index (χ0v) is 20.6. The first-order chi connectivity index (χ1) is 16.6. The van der Waals surface area contributed by atoms with Crippen LogP contribution in [0.3, 0.4) is 0 Å². The van der Waals surface area contributed by atoms with Crippen molar-refractivity contribution in [3.8, 4) is 0 Å². The number of carbonyl (C=O) groups is 2. The van der Waals surface area contributed by atoms with Gasteiger partial charge in [0.2, 0.25) is 0 Å². The molecule has 1 aromatic carbocycles. The number of nitrogens with zero attached hydrogens (tertiary/aromatic N) is 3. The summed E-state index contributed by atoms with van der Waals surface area (Å²) >= 11 is 0. The summed E-state index contributed by atoms with van der Waals surface area (Å²) in [5.74, 6) is 0.780. The monoisotopic (exact) mass is 462 g/mol. The van der Waals surface area contributed by atoms with Crippen LogP contribution in [0.1, 0.15) is 50.8 Å². The molecule has 2 aromatic rings. The Kier molecular flexibility index (Phi) is 7.99. The molecule has 182 valence electrons. The average molecular weight is 463 g/mol. The van der Waals surface area contributed by atoms with Crippen LogP contribution in [0.15, 0.2) is 54.7 Å². The van der Waals surface area contributed by atoms with E-state index >= 15 is 0 Å². The summed E-state index contributed by atoms with van der Waals surface area (Å²) in [4.78, 5) is 35.4. The number of piperidine rings is 1. The molecule has 0 aliphatic carbocycles. The average Bonchev–Trinajstić information content (AvgIpc) is 3.12. The molecule has 0 unspecified atom stereocenters. The van der Waals surface area contributed by atoms with Crippen LogP contribution in [0, 0.1) is 11.8 Å². The molecule has 6 heteroatoms. The Morgan fingerprint density at radius 2 is 1.74 bits per heavy atom. The first-order valence-corrected chi connectivity index (χ1v) is 12.9. The van der Waals surface area contributed by atoms with E-state index in [4.69, 9.17) is 0 Å². The highest BCUT2D eigenvalue weighted by atomic mass is 16.2. The quantitative estimate of drug-likeness (QED) is 0.535. The lowest BCUT2D eigenvalue weighted by molar-refractivity contribution is -0.134. The van der Waals surface area contributed by atoms with E-state index in [1.54, 1.807) is 6.20 Å². The standard InChI is InChI=1S/C28H38N4O2/c1-3-22(4-2)21-31-17-13-24(14-18-31)28(20-23-10-6-5-7-11-23)26(33)32(27(34)30-28)19-15-25-12-8-9-16-29-25/h5-12,16,22,24H,3-4,13-15,17-21H2,1-2H3,(H,30,34)/t28-/m1/s1. The number of benzene rings is 1. The number of imide groups is 1. The van der Waals surface area contributed by atoms with Crippen LogP contribution in [0.5, 0.6) is 0 Å². The maximum Gasteiger partial charge on any atom is 0.325 e. The van der Waals surface area contributed by atoms with Gasteiger partial charge in [-0.25, -0.2) is 4.79 Å². The van der Waals surface area contributed by atoms with Gasteiger partial charge in [-0.05, 0) is 55.5 Å². The Labute approximate surface area is 203 Å². The molecule has 1 atom stereocenters. The molecule has 0 radical (unpaired) electrons. The number of nitrogens with one attached hydrogen (secondary N) is 1. The molecule has 4 rings (SSSR count). The van der Waals surface area contributed by atoms with Gasteiger partial charge < -0.3 is 10.2 Å². The van der Waals surface area contributed by atoms with Crippen molar-refractivity contribution in [1.82, 2.24) is 20.1 Å². The molecular formula is C28H38N4O2. The number of hydrogen-bond donors (Lipinski definition) is 1. The van der Waals surface area contributed by atoms with Crippen molar-refractivity contribution in [2.75, 3.05) is 26.2 Å². The molecule has 34 heavy (non-hydrogen) atoms. The number of pyridine rings is 1. The van der Waals surface area contributed by atoms with Gasteiger partial charge in [-0.2, -0.15) is 0 Å². The topological polar surface area (TPSA) is 65.5 Å². The molecule has 0 bridgehead atoms. The van der Waals surface area contributed by atoms with Crippen molar-refractivity contribution < 1.29 is 9.59 Å². The molecule has 1 aromatic heterocycles. The summed E-state index contributed by atoms with van der Waals surface area (Å²) in [7, 11) is 0. The van der Waals surface area contributed by atoms with Crippen LogP contribution >= 0.6 is 0 Å². The van der Waals surface area contributed by atoms with E-state index in [1.165, 1.54) is 17.7 Å².